The molecule has 122 valence electrons. The molecule has 2 amide bonds. The molecule has 2 saturated heterocycles. The van der Waals surface area contributed by atoms with Gasteiger partial charge in [-0.3, -0.25) is 0 Å². The van der Waals surface area contributed by atoms with Gasteiger partial charge in [-0.25, -0.2) is 4.79 Å². The monoisotopic (exact) mass is 308 g/mol. The Balaban J connectivity index is 1.58. The summed E-state index contributed by atoms with van der Waals surface area (Å²) in [7, 11) is 0. The number of urea groups is 1. The van der Waals surface area contributed by atoms with Crippen molar-refractivity contribution in [3.63, 3.8) is 0 Å². The average molecular weight is 308 g/mol. The average Bonchev–Trinajstić information content (AvgIpc) is 3.19. The van der Waals surface area contributed by atoms with E-state index in [-0.39, 0.29) is 18.0 Å². The van der Waals surface area contributed by atoms with Crippen LogP contribution in [-0.2, 0) is 9.47 Å². The fourth-order valence-corrected chi connectivity index (χ4v) is 3.24. The van der Waals surface area contributed by atoms with Crippen LogP contribution in [0.5, 0.6) is 0 Å². The zero-order chi connectivity index (χ0) is 15.6. The van der Waals surface area contributed by atoms with E-state index >= 15 is 0 Å². The normalized spacial score (nSPS) is 25.9. The number of nitrogens with one attached hydrogen (secondary N) is 1. The van der Waals surface area contributed by atoms with Crippen LogP contribution in [0.25, 0.3) is 0 Å². The van der Waals surface area contributed by atoms with Crippen molar-refractivity contribution >= 4 is 6.03 Å². The molecule has 6 heteroatoms. The number of carbonyl (C=O) groups is 1. The number of carbonyl (C=O) groups excluding carboxylic acids is 1. The number of likely N-dealkylation sites (tertiary alicyclic amines) is 1. The third kappa shape index (κ3) is 3.13. The molecule has 2 atom stereocenters. The number of nitrogens with zero attached hydrogens (tertiary/aromatic N) is 1. The van der Waals surface area contributed by atoms with Gasteiger partial charge in [0.05, 0.1) is 31.8 Å². The highest BCUT2D eigenvalue weighted by Gasteiger charge is 2.42. The third-order valence-corrected chi connectivity index (χ3v) is 4.69. The SMILES string of the molecule is C[C@H](NC(=O)N1CCC[C@H](C2(C)OCCO2)C1)c1ccoc1. The Morgan fingerprint density at radius 1 is 1.45 bits per heavy atom. The fraction of sp³-hybridized carbons (Fsp3) is 0.688. The van der Waals surface area contributed by atoms with E-state index in [4.69, 9.17) is 13.9 Å². The van der Waals surface area contributed by atoms with Gasteiger partial charge in [0.2, 0.25) is 0 Å². The molecule has 0 spiro atoms. The lowest BCUT2D eigenvalue weighted by Gasteiger charge is -2.40. The molecule has 3 rings (SSSR count). The molecule has 1 N–H and O–H groups in total. The molecule has 6 nitrogen and oxygen atoms in total. The maximum Gasteiger partial charge on any atom is 0.317 e. The van der Waals surface area contributed by atoms with Crippen LogP contribution < -0.4 is 5.32 Å². The van der Waals surface area contributed by atoms with Gasteiger partial charge in [-0.1, -0.05) is 0 Å². The number of rotatable bonds is 3. The van der Waals surface area contributed by atoms with Gasteiger partial charge < -0.3 is 24.1 Å². The first-order valence-electron chi connectivity index (χ1n) is 7.94. The predicted octanol–water partition coefficient (Wildman–Crippen LogP) is 2.53. The minimum Gasteiger partial charge on any atom is -0.472 e. The Bertz CT molecular complexity index is 496. The Kier molecular flexibility index (Phi) is 4.40. The number of ether oxygens (including phenoxy) is 2. The van der Waals surface area contributed by atoms with Crippen LogP contribution in [0.15, 0.2) is 23.0 Å². The summed E-state index contributed by atoms with van der Waals surface area (Å²) in [5.41, 5.74) is 0.969. The molecule has 2 fully saturated rings. The van der Waals surface area contributed by atoms with Crippen molar-refractivity contribution in [3.05, 3.63) is 24.2 Å². The third-order valence-electron chi connectivity index (χ3n) is 4.69. The largest absolute Gasteiger partial charge is 0.472 e. The summed E-state index contributed by atoms with van der Waals surface area (Å²) in [5, 5.41) is 3.02. The number of hydrogen-bond acceptors (Lipinski definition) is 4. The minimum atomic E-state index is -0.547. The Morgan fingerprint density at radius 3 is 2.91 bits per heavy atom. The van der Waals surface area contributed by atoms with E-state index in [1.54, 1.807) is 12.5 Å². The van der Waals surface area contributed by atoms with Gasteiger partial charge in [0.1, 0.15) is 0 Å². The summed E-state index contributed by atoms with van der Waals surface area (Å²) < 4.78 is 16.6. The highest BCUT2D eigenvalue weighted by molar-refractivity contribution is 5.74. The molecule has 1 aromatic heterocycles. The maximum absolute atomic E-state index is 12.5. The van der Waals surface area contributed by atoms with Crippen molar-refractivity contribution in [2.24, 2.45) is 5.92 Å². The molecule has 2 aliphatic heterocycles. The van der Waals surface area contributed by atoms with Gasteiger partial charge in [0.15, 0.2) is 5.79 Å². The molecule has 0 saturated carbocycles. The van der Waals surface area contributed by atoms with Gasteiger partial charge in [-0.2, -0.15) is 0 Å². The van der Waals surface area contributed by atoms with Crippen LogP contribution in [0.4, 0.5) is 4.79 Å². The molecule has 0 aromatic carbocycles. The number of furan rings is 1. The molecule has 0 radical (unpaired) electrons. The fourth-order valence-electron chi connectivity index (χ4n) is 3.24. The van der Waals surface area contributed by atoms with E-state index in [1.165, 1.54) is 0 Å². The molecule has 3 heterocycles. The standard InChI is InChI=1S/C16H24N2O4/c1-12(13-5-7-20-11-13)17-15(19)18-6-3-4-14(10-18)16(2)21-8-9-22-16/h5,7,11-12,14H,3-4,6,8-10H2,1-2H3,(H,17,19)/t12-,14-/m0/s1. The van der Waals surface area contributed by atoms with E-state index in [1.807, 2.05) is 24.8 Å². The molecular weight excluding hydrogens is 284 g/mol. The first kappa shape index (κ1) is 15.4. The Labute approximate surface area is 130 Å². The second kappa shape index (κ2) is 6.30. The Hall–Kier alpha value is -1.53. The van der Waals surface area contributed by atoms with Crippen molar-refractivity contribution in [2.75, 3.05) is 26.3 Å². The molecule has 1 aromatic rings. The van der Waals surface area contributed by atoms with Crippen LogP contribution in [0.3, 0.4) is 0 Å². The van der Waals surface area contributed by atoms with Crippen LogP contribution in [0, 0.1) is 5.92 Å². The molecule has 2 aliphatic rings. The second-order valence-electron chi connectivity index (χ2n) is 6.23. The lowest BCUT2D eigenvalue weighted by Crippen LogP contribution is -2.51. The van der Waals surface area contributed by atoms with Crippen LogP contribution in [-0.4, -0.2) is 43.0 Å². The first-order chi connectivity index (χ1) is 10.6. The summed E-state index contributed by atoms with van der Waals surface area (Å²) in [4.78, 5) is 14.3. The predicted molar refractivity (Wildman–Crippen MR) is 80.3 cm³/mol. The second-order valence-corrected chi connectivity index (χ2v) is 6.23. The summed E-state index contributed by atoms with van der Waals surface area (Å²) in [6.07, 6.45) is 5.27. The minimum absolute atomic E-state index is 0.0417. The molecular formula is C16H24N2O4. The van der Waals surface area contributed by atoms with Gasteiger partial charge in [0, 0.05) is 24.6 Å². The zero-order valence-electron chi connectivity index (χ0n) is 13.2. The van der Waals surface area contributed by atoms with E-state index in [0.717, 1.165) is 24.9 Å². The van der Waals surface area contributed by atoms with Crippen LogP contribution >= 0.6 is 0 Å². The molecule has 0 unspecified atom stereocenters. The Morgan fingerprint density at radius 2 is 2.23 bits per heavy atom. The molecule has 0 bridgehead atoms. The molecule has 22 heavy (non-hydrogen) atoms. The zero-order valence-corrected chi connectivity index (χ0v) is 13.2. The van der Waals surface area contributed by atoms with Gasteiger partial charge >= 0.3 is 6.03 Å². The van der Waals surface area contributed by atoms with Crippen molar-refractivity contribution in [1.82, 2.24) is 10.2 Å². The number of hydrogen-bond donors (Lipinski definition) is 1. The van der Waals surface area contributed by atoms with E-state index in [9.17, 15) is 4.79 Å². The highest BCUT2D eigenvalue weighted by Crippen LogP contribution is 2.34. The van der Waals surface area contributed by atoms with Crippen molar-refractivity contribution in [3.8, 4) is 0 Å². The number of amides is 2. The van der Waals surface area contributed by atoms with E-state index in [0.29, 0.717) is 19.8 Å². The topological polar surface area (TPSA) is 63.9 Å². The highest BCUT2D eigenvalue weighted by atomic mass is 16.7. The van der Waals surface area contributed by atoms with Crippen LogP contribution in [0.1, 0.15) is 38.3 Å². The summed E-state index contributed by atoms with van der Waals surface area (Å²) in [6.45, 7) is 6.65. The van der Waals surface area contributed by atoms with Crippen molar-refractivity contribution < 1.29 is 18.7 Å². The maximum atomic E-state index is 12.5. The summed E-state index contributed by atoms with van der Waals surface area (Å²) >= 11 is 0. The smallest absolute Gasteiger partial charge is 0.317 e. The lowest BCUT2D eigenvalue weighted by molar-refractivity contribution is -0.189. The van der Waals surface area contributed by atoms with Crippen molar-refractivity contribution in [1.29, 1.82) is 0 Å². The number of piperidine rings is 1. The van der Waals surface area contributed by atoms with Gasteiger partial charge in [-0.15, -0.1) is 0 Å². The first-order valence-corrected chi connectivity index (χ1v) is 7.94. The quantitative estimate of drug-likeness (QED) is 0.932. The van der Waals surface area contributed by atoms with Gasteiger partial charge in [-0.05, 0) is 32.8 Å². The van der Waals surface area contributed by atoms with Crippen LogP contribution in [0.2, 0.25) is 0 Å². The summed E-state index contributed by atoms with van der Waals surface area (Å²) in [5.74, 6) is -0.325. The van der Waals surface area contributed by atoms with Crippen molar-refractivity contribution in [2.45, 2.75) is 38.5 Å². The molecule has 0 aliphatic carbocycles. The summed E-state index contributed by atoms with van der Waals surface area (Å²) in [6, 6.07) is 1.76. The van der Waals surface area contributed by atoms with Gasteiger partial charge in [0.25, 0.3) is 0 Å². The van der Waals surface area contributed by atoms with E-state index < -0.39 is 5.79 Å². The lowest BCUT2D eigenvalue weighted by atomic mass is 9.90. The van der Waals surface area contributed by atoms with E-state index in [2.05, 4.69) is 5.32 Å².